The van der Waals surface area contributed by atoms with E-state index in [2.05, 4.69) is 20.1 Å². The SMILES string of the molecule is COc1cccc(-c2nccnc2[C@H]2CN(C(=O)CCc3nc(C)no3)CCO2)c1. The fraction of sp³-hybridized carbons (Fsp3) is 0.381. The standard InChI is InChI=1S/C21H23N5O4/c1-14-24-18(30-25-14)6-7-19(27)26-10-11-29-17(13-26)21-20(22-8-9-23-21)15-4-3-5-16(12-15)28-2/h3-5,8-9,12,17H,6-7,10-11,13H2,1-2H3/t17-/m1/s1. The third kappa shape index (κ3) is 4.46. The lowest BCUT2D eigenvalue weighted by molar-refractivity contribution is -0.139. The Kier molecular flexibility index (Phi) is 5.99. The summed E-state index contributed by atoms with van der Waals surface area (Å²) in [6, 6.07) is 7.64. The molecule has 3 heterocycles. The Labute approximate surface area is 174 Å². The molecule has 2 aromatic heterocycles. The largest absolute Gasteiger partial charge is 0.497 e. The Morgan fingerprint density at radius 3 is 2.97 bits per heavy atom. The summed E-state index contributed by atoms with van der Waals surface area (Å²) in [6.07, 6.45) is 3.65. The van der Waals surface area contributed by atoms with Gasteiger partial charge in [-0.3, -0.25) is 14.8 Å². The molecule has 1 saturated heterocycles. The second-order valence-corrected chi connectivity index (χ2v) is 6.96. The Balaban J connectivity index is 1.48. The molecule has 156 valence electrons. The van der Waals surface area contributed by atoms with Crippen molar-refractivity contribution in [1.29, 1.82) is 0 Å². The Morgan fingerprint density at radius 2 is 2.17 bits per heavy atom. The number of aryl methyl sites for hydroxylation is 2. The lowest BCUT2D eigenvalue weighted by atomic mass is 10.0. The smallest absolute Gasteiger partial charge is 0.227 e. The van der Waals surface area contributed by atoms with Crippen molar-refractivity contribution < 1.29 is 18.8 Å². The van der Waals surface area contributed by atoms with Gasteiger partial charge >= 0.3 is 0 Å². The van der Waals surface area contributed by atoms with Crippen LogP contribution in [-0.2, 0) is 16.0 Å². The summed E-state index contributed by atoms with van der Waals surface area (Å²) in [5, 5.41) is 3.75. The third-order valence-electron chi connectivity index (χ3n) is 4.92. The number of benzene rings is 1. The number of ether oxygens (including phenoxy) is 2. The fourth-order valence-corrected chi connectivity index (χ4v) is 3.43. The van der Waals surface area contributed by atoms with Crippen LogP contribution in [0.5, 0.6) is 5.75 Å². The van der Waals surface area contributed by atoms with Crippen LogP contribution in [-0.4, -0.2) is 57.7 Å². The molecule has 4 rings (SSSR count). The molecule has 0 saturated carbocycles. The molecule has 1 aliphatic rings. The molecule has 1 aliphatic heterocycles. The molecule has 0 spiro atoms. The van der Waals surface area contributed by atoms with Gasteiger partial charge in [0.1, 0.15) is 11.9 Å². The van der Waals surface area contributed by atoms with Gasteiger partial charge in [-0.2, -0.15) is 4.98 Å². The van der Waals surface area contributed by atoms with Crippen LogP contribution in [0.2, 0.25) is 0 Å². The zero-order chi connectivity index (χ0) is 20.9. The normalized spacial score (nSPS) is 16.5. The van der Waals surface area contributed by atoms with Gasteiger partial charge < -0.3 is 18.9 Å². The number of amides is 1. The van der Waals surface area contributed by atoms with Gasteiger partial charge in [0.15, 0.2) is 5.82 Å². The summed E-state index contributed by atoms with van der Waals surface area (Å²) in [5.74, 6) is 1.80. The molecule has 0 N–H and O–H groups in total. The molecule has 0 radical (unpaired) electrons. The average Bonchev–Trinajstić information content (AvgIpc) is 3.22. The van der Waals surface area contributed by atoms with E-state index in [9.17, 15) is 4.79 Å². The van der Waals surface area contributed by atoms with Gasteiger partial charge in [0, 0.05) is 37.3 Å². The van der Waals surface area contributed by atoms with Crippen molar-refractivity contribution in [3.8, 4) is 17.0 Å². The van der Waals surface area contributed by atoms with E-state index in [1.165, 1.54) is 0 Å². The van der Waals surface area contributed by atoms with Crippen LogP contribution in [0.3, 0.4) is 0 Å². The van der Waals surface area contributed by atoms with Crippen LogP contribution in [0.25, 0.3) is 11.3 Å². The van der Waals surface area contributed by atoms with Gasteiger partial charge in [-0.25, -0.2) is 0 Å². The number of hydrogen-bond acceptors (Lipinski definition) is 8. The molecule has 0 bridgehead atoms. The monoisotopic (exact) mass is 409 g/mol. The summed E-state index contributed by atoms with van der Waals surface area (Å²) in [5.41, 5.74) is 2.31. The maximum absolute atomic E-state index is 12.7. The number of carbonyl (C=O) groups excluding carboxylic acids is 1. The highest BCUT2D eigenvalue weighted by Gasteiger charge is 2.29. The van der Waals surface area contributed by atoms with Crippen LogP contribution < -0.4 is 4.74 Å². The minimum atomic E-state index is -0.358. The Hall–Kier alpha value is -3.33. The second kappa shape index (κ2) is 9.00. The van der Waals surface area contributed by atoms with Crippen LogP contribution in [0.1, 0.15) is 29.9 Å². The molecular formula is C21H23N5O4. The van der Waals surface area contributed by atoms with E-state index in [0.717, 1.165) is 17.0 Å². The van der Waals surface area contributed by atoms with Gasteiger partial charge in [-0.1, -0.05) is 17.3 Å². The molecule has 3 aromatic rings. The summed E-state index contributed by atoms with van der Waals surface area (Å²) in [4.78, 5) is 27.7. The number of carbonyl (C=O) groups is 1. The number of hydrogen-bond donors (Lipinski definition) is 0. The number of rotatable bonds is 6. The number of aromatic nitrogens is 4. The van der Waals surface area contributed by atoms with Crippen molar-refractivity contribution >= 4 is 5.91 Å². The molecule has 0 aliphatic carbocycles. The van der Waals surface area contributed by atoms with Crippen molar-refractivity contribution in [3.63, 3.8) is 0 Å². The van der Waals surface area contributed by atoms with Crippen LogP contribution >= 0.6 is 0 Å². The summed E-state index contributed by atoms with van der Waals surface area (Å²) in [7, 11) is 1.63. The second-order valence-electron chi connectivity index (χ2n) is 6.96. The van der Waals surface area contributed by atoms with Crippen molar-refractivity contribution in [2.45, 2.75) is 25.9 Å². The van der Waals surface area contributed by atoms with Gasteiger partial charge in [0.25, 0.3) is 0 Å². The average molecular weight is 409 g/mol. The van der Waals surface area contributed by atoms with Crippen LogP contribution in [0, 0.1) is 6.92 Å². The van der Waals surface area contributed by atoms with Crippen molar-refractivity contribution in [2.24, 2.45) is 0 Å². The lowest BCUT2D eigenvalue weighted by Crippen LogP contribution is -2.42. The van der Waals surface area contributed by atoms with Gasteiger partial charge in [-0.05, 0) is 19.1 Å². The highest BCUT2D eigenvalue weighted by Crippen LogP contribution is 2.30. The van der Waals surface area contributed by atoms with E-state index < -0.39 is 0 Å². The number of methoxy groups -OCH3 is 1. The van der Waals surface area contributed by atoms with Gasteiger partial charge in [-0.15, -0.1) is 0 Å². The maximum atomic E-state index is 12.7. The molecule has 9 heteroatoms. The van der Waals surface area contributed by atoms with Crippen LogP contribution in [0.15, 0.2) is 41.2 Å². The minimum absolute atomic E-state index is 0.0194. The zero-order valence-electron chi connectivity index (χ0n) is 16.9. The first-order chi connectivity index (χ1) is 14.6. The first-order valence-electron chi connectivity index (χ1n) is 9.78. The molecular weight excluding hydrogens is 386 g/mol. The van der Waals surface area contributed by atoms with Gasteiger partial charge in [0.2, 0.25) is 11.8 Å². The molecule has 9 nitrogen and oxygen atoms in total. The Morgan fingerprint density at radius 1 is 1.30 bits per heavy atom. The Bertz CT molecular complexity index is 1020. The summed E-state index contributed by atoms with van der Waals surface area (Å²) < 4.78 is 16.4. The van der Waals surface area contributed by atoms with Crippen molar-refractivity contribution in [2.75, 3.05) is 26.8 Å². The molecule has 1 aromatic carbocycles. The van der Waals surface area contributed by atoms with Crippen molar-refractivity contribution in [1.82, 2.24) is 25.0 Å². The van der Waals surface area contributed by atoms with Crippen LogP contribution in [0.4, 0.5) is 0 Å². The van der Waals surface area contributed by atoms with E-state index in [1.54, 1.807) is 31.3 Å². The molecule has 1 amide bonds. The topological polar surface area (TPSA) is 103 Å². The quantitative estimate of drug-likeness (QED) is 0.611. The predicted molar refractivity (Wildman–Crippen MR) is 107 cm³/mol. The number of morpholine rings is 1. The molecule has 0 unspecified atom stereocenters. The fourth-order valence-electron chi connectivity index (χ4n) is 3.43. The third-order valence-corrected chi connectivity index (χ3v) is 4.92. The highest BCUT2D eigenvalue weighted by molar-refractivity contribution is 5.76. The first-order valence-corrected chi connectivity index (χ1v) is 9.78. The molecule has 30 heavy (non-hydrogen) atoms. The summed E-state index contributed by atoms with van der Waals surface area (Å²) >= 11 is 0. The lowest BCUT2D eigenvalue weighted by Gasteiger charge is -2.33. The summed E-state index contributed by atoms with van der Waals surface area (Å²) in [6.45, 7) is 3.14. The van der Waals surface area contributed by atoms with E-state index >= 15 is 0 Å². The predicted octanol–water partition coefficient (Wildman–Crippen LogP) is 2.38. The number of nitrogens with zero attached hydrogens (tertiary/aromatic N) is 5. The zero-order valence-corrected chi connectivity index (χ0v) is 16.9. The van der Waals surface area contributed by atoms with Gasteiger partial charge in [0.05, 0.1) is 31.6 Å². The van der Waals surface area contributed by atoms with E-state index in [1.807, 2.05) is 24.3 Å². The van der Waals surface area contributed by atoms with E-state index in [0.29, 0.717) is 49.9 Å². The molecule has 1 fully saturated rings. The minimum Gasteiger partial charge on any atom is -0.497 e. The highest BCUT2D eigenvalue weighted by atomic mass is 16.5. The first kappa shape index (κ1) is 20.0. The maximum Gasteiger partial charge on any atom is 0.227 e. The van der Waals surface area contributed by atoms with Crippen molar-refractivity contribution in [3.05, 3.63) is 54.1 Å². The van der Waals surface area contributed by atoms with E-state index in [4.69, 9.17) is 14.0 Å². The van der Waals surface area contributed by atoms with E-state index in [-0.39, 0.29) is 12.0 Å². The molecule has 1 atom stereocenters.